The number of nitrogens with zero attached hydrogens (tertiary/aromatic N) is 3. The number of likely N-dealkylation sites (tertiary alicyclic amines) is 1. The Morgan fingerprint density at radius 2 is 2.15 bits per heavy atom. The fraction of sp³-hybridized carbons (Fsp3) is 0.545. The van der Waals surface area contributed by atoms with Crippen molar-refractivity contribution in [3.8, 4) is 0 Å². The molecule has 1 fully saturated rings. The van der Waals surface area contributed by atoms with Gasteiger partial charge in [-0.2, -0.15) is 5.10 Å². The summed E-state index contributed by atoms with van der Waals surface area (Å²) >= 11 is 0. The summed E-state index contributed by atoms with van der Waals surface area (Å²) in [5.74, 6) is 0.130. The summed E-state index contributed by atoms with van der Waals surface area (Å²) in [6.45, 7) is 5.31. The molecule has 5 nitrogen and oxygen atoms in total. The van der Waals surface area contributed by atoms with Gasteiger partial charge in [0.25, 0.3) is 5.91 Å². The fourth-order valence-electron chi connectivity index (χ4n) is 3.76. The Bertz CT molecular complexity index is 734. The second kappa shape index (κ2) is 8.70. The molecule has 0 saturated carbocycles. The number of aliphatic hydroxyl groups is 1. The normalized spacial score (nSPS) is 17.9. The van der Waals surface area contributed by atoms with Crippen LogP contribution in [-0.2, 0) is 13.0 Å². The van der Waals surface area contributed by atoms with Crippen LogP contribution in [0.15, 0.2) is 42.7 Å². The molecule has 1 aliphatic rings. The molecule has 146 valence electrons. The van der Waals surface area contributed by atoms with Gasteiger partial charge in [-0.15, -0.1) is 0 Å². The van der Waals surface area contributed by atoms with Gasteiger partial charge in [0, 0.05) is 37.1 Å². The van der Waals surface area contributed by atoms with Crippen LogP contribution < -0.4 is 0 Å². The van der Waals surface area contributed by atoms with Gasteiger partial charge in [0.1, 0.15) is 0 Å². The summed E-state index contributed by atoms with van der Waals surface area (Å²) in [7, 11) is 0. The lowest BCUT2D eigenvalue weighted by atomic mass is 9.96. The number of benzene rings is 1. The molecule has 2 heterocycles. The number of rotatable bonds is 7. The first kappa shape index (κ1) is 19.6. The molecule has 27 heavy (non-hydrogen) atoms. The minimum Gasteiger partial charge on any atom is -0.390 e. The highest BCUT2D eigenvalue weighted by Gasteiger charge is 2.27. The van der Waals surface area contributed by atoms with Gasteiger partial charge in [0.05, 0.1) is 5.60 Å². The second-order valence-electron chi connectivity index (χ2n) is 8.22. The second-order valence-corrected chi connectivity index (χ2v) is 8.22. The van der Waals surface area contributed by atoms with E-state index in [1.165, 1.54) is 6.42 Å². The highest BCUT2D eigenvalue weighted by Crippen LogP contribution is 2.23. The predicted octanol–water partition coefficient (Wildman–Crippen LogP) is 3.67. The molecule has 1 aliphatic heterocycles. The van der Waals surface area contributed by atoms with Crippen LogP contribution in [-0.4, -0.2) is 43.9 Å². The molecule has 0 spiro atoms. The Kier molecular flexibility index (Phi) is 6.32. The number of amides is 1. The van der Waals surface area contributed by atoms with Crippen molar-refractivity contribution in [3.63, 3.8) is 0 Å². The number of aromatic nitrogens is 2. The average molecular weight is 370 g/mol. The van der Waals surface area contributed by atoms with Gasteiger partial charge in [-0.1, -0.05) is 12.1 Å². The Morgan fingerprint density at radius 1 is 1.30 bits per heavy atom. The Morgan fingerprint density at radius 3 is 2.89 bits per heavy atom. The Hall–Kier alpha value is -2.14. The van der Waals surface area contributed by atoms with Crippen molar-refractivity contribution in [1.82, 2.24) is 14.7 Å². The topological polar surface area (TPSA) is 58.4 Å². The van der Waals surface area contributed by atoms with E-state index in [1.54, 1.807) is 6.20 Å². The predicted molar refractivity (Wildman–Crippen MR) is 107 cm³/mol. The van der Waals surface area contributed by atoms with E-state index >= 15 is 0 Å². The number of aryl methyl sites for hydroxylation is 2. The van der Waals surface area contributed by atoms with Gasteiger partial charge in [0.2, 0.25) is 0 Å². The number of hydrogen-bond acceptors (Lipinski definition) is 3. The molecule has 1 aromatic heterocycles. The first-order chi connectivity index (χ1) is 12.9. The number of hydrogen-bond donors (Lipinski definition) is 1. The molecule has 1 aromatic carbocycles. The van der Waals surface area contributed by atoms with E-state index in [1.807, 2.05) is 55.1 Å². The van der Waals surface area contributed by atoms with E-state index < -0.39 is 5.60 Å². The molecule has 1 N–H and O–H groups in total. The van der Waals surface area contributed by atoms with Gasteiger partial charge in [-0.25, -0.2) is 0 Å². The molecule has 0 unspecified atom stereocenters. The fourth-order valence-corrected chi connectivity index (χ4v) is 3.76. The minimum atomic E-state index is -0.690. The maximum Gasteiger partial charge on any atom is 0.254 e. The third-order valence-corrected chi connectivity index (χ3v) is 5.34. The summed E-state index contributed by atoms with van der Waals surface area (Å²) in [6.07, 6.45) is 9.47. The SMILES string of the molecule is CC(C)(O)CCc1cccc(C(=O)N2CCCC[C@H]2CCn2cccn2)c1. The van der Waals surface area contributed by atoms with Crippen molar-refractivity contribution in [3.05, 3.63) is 53.9 Å². The van der Waals surface area contributed by atoms with Crippen LogP contribution in [0, 0.1) is 0 Å². The quantitative estimate of drug-likeness (QED) is 0.810. The smallest absolute Gasteiger partial charge is 0.254 e. The van der Waals surface area contributed by atoms with Crippen LogP contribution in [0.4, 0.5) is 0 Å². The molecule has 2 aromatic rings. The molecule has 1 amide bonds. The summed E-state index contributed by atoms with van der Waals surface area (Å²) in [6, 6.07) is 10.1. The maximum atomic E-state index is 13.2. The van der Waals surface area contributed by atoms with Gasteiger partial charge in [-0.05, 0) is 76.1 Å². The van der Waals surface area contributed by atoms with Gasteiger partial charge < -0.3 is 10.0 Å². The first-order valence-corrected chi connectivity index (χ1v) is 10.0. The van der Waals surface area contributed by atoms with Gasteiger partial charge in [-0.3, -0.25) is 9.48 Å². The van der Waals surface area contributed by atoms with E-state index in [0.717, 1.165) is 49.9 Å². The number of carbonyl (C=O) groups is 1. The maximum absolute atomic E-state index is 13.2. The van der Waals surface area contributed by atoms with E-state index in [2.05, 4.69) is 10.00 Å². The lowest BCUT2D eigenvalue weighted by Gasteiger charge is -2.36. The Balaban J connectivity index is 1.66. The largest absolute Gasteiger partial charge is 0.390 e. The standard InChI is InChI=1S/C22H31N3O2/c1-22(2,27)12-10-18-7-5-8-19(17-18)21(26)25-15-4-3-9-20(25)11-16-24-14-6-13-23-24/h5-8,13-14,17,20,27H,3-4,9-12,15-16H2,1-2H3/t20-/m0/s1. The zero-order valence-corrected chi connectivity index (χ0v) is 16.5. The van der Waals surface area contributed by atoms with Crippen molar-refractivity contribution in [2.45, 2.75) is 70.6 Å². The van der Waals surface area contributed by atoms with Crippen molar-refractivity contribution in [1.29, 1.82) is 0 Å². The first-order valence-electron chi connectivity index (χ1n) is 10.0. The van der Waals surface area contributed by atoms with E-state index in [0.29, 0.717) is 6.42 Å². The molecule has 0 radical (unpaired) electrons. The van der Waals surface area contributed by atoms with E-state index in [-0.39, 0.29) is 11.9 Å². The summed E-state index contributed by atoms with van der Waals surface area (Å²) in [5, 5.41) is 14.2. The van der Waals surface area contributed by atoms with Gasteiger partial charge >= 0.3 is 0 Å². The zero-order chi connectivity index (χ0) is 19.3. The van der Waals surface area contributed by atoms with E-state index in [9.17, 15) is 9.90 Å². The summed E-state index contributed by atoms with van der Waals surface area (Å²) in [5.41, 5.74) is 1.17. The molecular formula is C22H31N3O2. The zero-order valence-electron chi connectivity index (χ0n) is 16.5. The minimum absolute atomic E-state index is 0.130. The summed E-state index contributed by atoms with van der Waals surface area (Å²) < 4.78 is 1.94. The Labute approximate surface area is 162 Å². The van der Waals surface area contributed by atoms with Crippen molar-refractivity contribution >= 4 is 5.91 Å². The van der Waals surface area contributed by atoms with Crippen molar-refractivity contribution in [2.24, 2.45) is 0 Å². The molecule has 1 saturated heterocycles. The van der Waals surface area contributed by atoms with Crippen LogP contribution in [0.2, 0.25) is 0 Å². The van der Waals surface area contributed by atoms with Crippen molar-refractivity contribution in [2.75, 3.05) is 6.54 Å². The van der Waals surface area contributed by atoms with Crippen molar-refractivity contribution < 1.29 is 9.90 Å². The molecule has 0 aliphatic carbocycles. The van der Waals surface area contributed by atoms with Gasteiger partial charge in [0.15, 0.2) is 0 Å². The lowest BCUT2D eigenvalue weighted by Crippen LogP contribution is -2.44. The average Bonchev–Trinajstić information content (AvgIpc) is 3.18. The molecule has 5 heteroatoms. The van der Waals surface area contributed by atoms with Crippen LogP contribution in [0.25, 0.3) is 0 Å². The summed E-state index contributed by atoms with van der Waals surface area (Å²) in [4.78, 5) is 15.2. The molecule has 1 atom stereocenters. The molecule has 3 rings (SSSR count). The highest BCUT2D eigenvalue weighted by molar-refractivity contribution is 5.94. The monoisotopic (exact) mass is 369 g/mol. The van der Waals surface area contributed by atoms with E-state index in [4.69, 9.17) is 0 Å². The molecular weight excluding hydrogens is 338 g/mol. The lowest BCUT2D eigenvalue weighted by molar-refractivity contribution is 0.0594. The molecule has 0 bridgehead atoms. The van der Waals surface area contributed by atoms with Crippen LogP contribution in [0.5, 0.6) is 0 Å². The van der Waals surface area contributed by atoms with Crippen LogP contribution in [0.1, 0.15) is 61.9 Å². The highest BCUT2D eigenvalue weighted by atomic mass is 16.3. The van der Waals surface area contributed by atoms with Crippen LogP contribution >= 0.6 is 0 Å². The third-order valence-electron chi connectivity index (χ3n) is 5.34. The van der Waals surface area contributed by atoms with Crippen LogP contribution in [0.3, 0.4) is 0 Å². The number of piperidine rings is 1. The number of carbonyl (C=O) groups excluding carboxylic acids is 1. The third kappa shape index (κ3) is 5.67.